The molecule has 146 valence electrons. The van der Waals surface area contributed by atoms with Gasteiger partial charge in [-0.3, -0.25) is 0 Å². The fourth-order valence-electron chi connectivity index (χ4n) is 3.51. The van der Waals surface area contributed by atoms with E-state index in [1.165, 1.54) is 76.2 Å². The average molecular weight is 350 g/mol. The first-order chi connectivity index (χ1) is 11.5. The van der Waals surface area contributed by atoms with Gasteiger partial charge in [0.25, 0.3) is 0 Å². The van der Waals surface area contributed by atoms with Crippen molar-refractivity contribution in [2.24, 2.45) is 11.7 Å². The molecule has 0 fully saturated rings. The normalized spacial score (nSPS) is 12.6. The second-order valence-corrected chi connectivity index (χ2v) is 8.18. The molecular weight excluding hydrogens is 306 g/mol. The van der Waals surface area contributed by atoms with Crippen molar-refractivity contribution in [2.75, 3.05) is 0 Å². The molecule has 0 saturated heterocycles. The first kappa shape index (κ1) is 24.1. The maximum absolute atomic E-state index is 6.45. The van der Waals surface area contributed by atoms with Crippen LogP contribution in [-0.4, -0.2) is 11.0 Å². The van der Waals surface area contributed by atoms with Gasteiger partial charge in [0.05, 0.1) is 0 Å². The lowest BCUT2D eigenvalue weighted by Crippen LogP contribution is -2.42. The standard InChI is InChI=1S/C23H41N.H2O/c1-4-5-6-7-8-9-10-11-12-16-19-22(23(2,3)24)20-21-17-14-13-15-18-21;/h13-15,17-18,22H,4-12,16,19-20,24H2,1-3H3;1H2. The van der Waals surface area contributed by atoms with E-state index < -0.39 is 0 Å². The van der Waals surface area contributed by atoms with Crippen LogP contribution in [0.2, 0.25) is 0 Å². The Labute approximate surface area is 156 Å². The smallest absolute Gasteiger partial charge is 0.0129 e. The molecule has 0 spiro atoms. The summed E-state index contributed by atoms with van der Waals surface area (Å²) in [5.74, 6) is 0.578. The molecule has 1 unspecified atom stereocenters. The van der Waals surface area contributed by atoms with Crippen LogP contribution in [0.5, 0.6) is 0 Å². The summed E-state index contributed by atoms with van der Waals surface area (Å²) in [7, 11) is 0. The molecule has 0 aliphatic carbocycles. The molecule has 0 saturated carbocycles. The predicted octanol–water partition coefficient (Wildman–Crippen LogP) is 6.07. The van der Waals surface area contributed by atoms with E-state index in [1.807, 2.05) is 0 Å². The van der Waals surface area contributed by atoms with Gasteiger partial charge in [-0.05, 0) is 38.2 Å². The van der Waals surface area contributed by atoms with Crippen molar-refractivity contribution in [3.8, 4) is 0 Å². The van der Waals surface area contributed by atoms with Crippen molar-refractivity contribution in [3.63, 3.8) is 0 Å². The molecule has 1 atom stereocenters. The minimum atomic E-state index is -0.0882. The Kier molecular flexibility index (Phi) is 13.8. The van der Waals surface area contributed by atoms with E-state index >= 15 is 0 Å². The number of nitrogens with two attached hydrogens (primary N) is 1. The van der Waals surface area contributed by atoms with Crippen molar-refractivity contribution in [1.82, 2.24) is 0 Å². The van der Waals surface area contributed by atoms with Gasteiger partial charge in [0.15, 0.2) is 0 Å². The van der Waals surface area contributed by atoms with Crippen LogP contribution in [0.1, 0.15) is 97.0 Å². The highest BCUT2D eigenvalue weighted by Crippen LogP contribution is 2.25. The number of unbranched alkanes of at least 4 members (excludes halogenated alkanes) is 9. The molecular formula is C23H43NO. The number of hydrogen-bond acceptors (Lipinski definition) is 1. The molecule has 0 aliphatic rings. The third kappa shape index (κ3) is 12.2. The van der Waals surface area contributed by atoms with Crippen LogP contribution >= 0.6 is 0 Å². The van der Waals surface area contributed by atoms with Crippen LogP contribution in [-0.2, 0) is 6.42 Å². The lowest BCUT2D eigenvalue weighted by atomic mass is 9.80. The van der Waals surface area contributed by atoms with Gasteiger partial charge >= 0.3 is 0 Å². The summed E-state index contributed by atoms with van der Waals surface area (Å²) in [4.78, 5) is 0. The Bertz CT molecular complexity index is 396. The minimum absolute atomic E-state index is 0. The van der Waals surface area contributed by atoms with Crippen molar-refractivity contribution in [2.45, 2.75) is 103 Å². The lowest BCUT2D eigenvalue weighted by Gasteiger charge is -2.31. The molecule has 1 aromatic carbocycles. The highest BCUT2D eigenvalue weighted by molar-refractivity contribution is 5.16. The van der Waals surface area contributed by atoms with Gasteiger partial charge in [-0.15, -0.1) is 0 Å². The molecule has 0 radical (unpaired) electrons. The lowest BCUT2D eigenvalue weighted by molar-refractivity contribution is 0.290. The fourth-order valence-corrected chi connectivity index (χ4v) is 3.51. The Morgan fingerprint density at radius 2 is 1.28 bits per heavy atom. The second-order valence-electron chi connectivity index (χ2n) is 8.18. The van der Waals surface area contributed by atoms with Crippen LogP contribution in [0.15, 0.2) is 30.3 Å². The Balaban J connectivity index is 0.00000576. The summed E-state index contributed by atoms with van der Waals surface area (Å²) in [5, 5.41) is 0. The van der Waals surface area contributed by atoms with Gasteiger partial charge in [-0.25, -0.2) is 0 Å². The van der Waals surface area contributed by atoms with Gasteiger partial charge in [0.1, 0.15) is 0 Å². The zero-order chi connectivity index (χ0) is 17.7. The van der Waals surface area contributed by atoms with Gasteiger partial charge in [0.2, 0.25) is 0 Å². The van der Waals surface area contributed by atoms with Gasteiger partial charge < -0.3 is 11.2 Å². The van der Waals surface area contributed by atoms with E-state index in [9.17, 15) is 0 Å². The average Bonchev–Trinajstić information content (AvgIpc) is 2.55. The molecule has 2 nitrogen and oxygen atoms in total. The van der Waals surface area contributed by atoms with Crippen LogP contribution in [0, 0.1) is 5.92 Å². The first-order valence-electron chi connectivity index (χ1n) is 10.4. The van der Waals surface area contributed by atoms with E-state index in [2.05, 4.69) is 51.1 Å². The van der Waals surface area contributed by atoms with Crippen LogP contribution in [0.4, 0.5) is 0 Å². The van der Waals surface area contributed by atoms with Crippen molar-refractivity contribution >= 4 is 0 Å². The van der Waals surface area contributed by atoms with Gasteiger partial charge in [-0.2, -0.15) is 0 Å². The SMILES string of the molecule is CCCCCCCCCCCCC(Cc1ccccc1)C(C)(C)N.O. The van der Waals surface area contributed by atoms with E-state index in [4.69, 9.17) is 5.73 Å². The largest absolute Gasteiger partial charge is 0.412 e. The molecule has 25 heavy (non-hydrogen) atoms. The zero-order valence-electron chi connectivity index (χ0n) is 17.0. The van der Waals surface area contributed by atoms with Crippen LogP contribution < -0.4 is 5.73 Å². The summed E-state index contributed by atoms with van der Waals surface area (Å²) < 4.78 is 0. The molecule has 1 rings (SSSR count). The third-order valence-electron chi connectivity index (χ3n) is 5.28. The molecule has 0 aliphatic heterocycles. The summed E-state index contributed by atoms with van der Waals surface area (Å²) >= 11 is 0. The molecule has 4 N–H and O–H groups in total. The highest BCUT2D eigenvalue weighted by atomic mass is 16.0. The quantitative estimate of drug-likeness (QED) is 0.407. The summed E-state index contributed by atoms with van der Waals surface area (Å²) in [6.07, 6.45) is 16.4. The Hall–Kier alpha value is -0.860. The molecule has 2 heteroatoms. The summed E-state index contributed by atoms with van der Waals surface area (Å²) in [6.45, 7) is 6.67. The van der Waals surface area contributed by atoms with Crippen LogP contribution in [0.25, 0.3) is 0 Å². The highest BCUT2D eigenvalue weighted by Gasteiger charge is 2.24. The first-order valence-corrected chi connectivity index (χ1v) is 10.4. The molecule has 0 aromatic heterocycles. The predicted molar refractivity (Wildman–Crippen MR) is 112 cm³/mol. The topological polar surface area (TPSA) is 57.5 Å². The summed E-state index contributed by atoms with van der Waals surface area (Å²) in [5.41, 5.74) is 7.78. The molecule has 0 heterocycles. The molecule has 0 bridgehead atoms. The number of benzene rings is 1. The number of rotatable bonds is 14. The van der Waals surface area contributed by atoms with E-state index in [1.54, 1.807) is 0 Å². The van der Waals surface area contributed by atoms with Gasteiger partial charge in [-0.1, -0.05) is 101 Å². The van der Waals surface area contributed by atoms with Gasteiger partial charge in [0, 0.05) is 5.54 Å². The van der Waals surface area contributed by atoms with Crippen LogP contribution in [0.3, 0.4) is 0 Å². The van der Waals surface area contributed by atoms with E-state index in [0.29, 0.717) is 5.92 Å². The molecule has 0 amide bonds. The maximum Gasteiger partial charge on any atom is 0.0129 e. The number of hydrogen-bond donors (Lipinski definition) is 1. The zero-order valence-corrected chi connectivity index (χ0v) is 17.0. The Morgan fingerprint density at radius 1 is 0.800 bits per heavy atom. The van der Waals surface area contributed by atoms with Crippen molar-refractivity contribution in [3.05, 3.63) is 35.9 Å². The third-order valence-corrected chi connectivity index (χ3v) is 5.28. The van der Waals surface area contributed by atoms with E-state index in [-0.39, 0.29) is 11.0 Å². The summed E-state index contributed by atoms with van der Waals surface area (Å²) in [6, 6.07) is 10.8. The Morgan fingerprint density at radius 3 is 1.76 bits per heavy atom. The fraction of sp³-hybridized carbons (Fsp3) is 0.739. The maximum atomic E-state index is 6.45. The van der Waals surface area contributed by atoms with Crippen molar-refractivity contribution < 1.29 is 5.48 Å². The van der Waals surface area contributed by atoms with E-state index in [0.717, 1.165) is 6.42 Å². The van der Waals surface area contributed by atoms with Crippen molar-refractivity contribution in [1.29, 1.82) is 0 Å². The monoisotopic (exact) mass is 349 g/mol. The second kappa shape index (κ2) is 14.3. The molecule has 1 aromatic rings. The minimum Gasteiger partial charge on any atom is -0.412 e.